The third-order valence-corrected chi connectivity index (χ3v) is 11.4. The normalized spacial score (nSPS) is 12.7. The fraction of sp³-hybridized carbons (Fsp3) is 0.0189. The number of fused-ring (bicyclic) bond motifs is 9. The second-order valence-electron chi connectivity index (χ2n) is 14.7. The SMILES string of the molecule is N#Cc1ccc2c(c1)Oc1cc(-c3cccc(-c4nc(-c5ccccc5)nc(-c5ccc(-c6ccccc6)cc5)n4)c3)ccc1C21c2ccccc2-c2ccccc21. The summed E-state index contributed by atoms with van der Waals surface area (Å²) in [6, 6.07) is 69.1. The molecule has 0 fully saturated rings. The molecule has 5 nitrogen and oxygen atoms in total. The van der Waals surface area contributed by atoms with E-state index in [9.17, 15) is 5.26 Å². The second-order valence-corrected chi connectivity index (χ2v) is 14.7. The Morgan fingerprint density at radius 1 is 0.362 bits per heavy atom. The van der Waals surface area contributed by atoms with Gasteiger partial charge >= 0.3 is 0 Å². The number of hydrogen-bond donors (Lipinski definition) is 0. The van der Waals surface area contributed by atoms with Gasteiger partial charge in [-0.2, -0.15) is 5.26 Å². The maximum atomic E-state index is 9.92. The molecule has 2 aliphatic rings. The Labute approximate surface area is 336 Å². The average molecular weight is 741 g/mol. The van der Waals surface area contributed by atoms with Crippen LogP contribution in [0.1, 0.15) is 27.8 Å². The summed E-state index contributed by atoms with van der Waals surface area (Å²) in [4.78, 5) is 15.1. The molecule has 0 saturated carbocycles. The van der Waals surface area contributed by atoms with Gasteiger partial charge in [0.1, 0.15) is 11.5 Å². The Bertz CT molecular complexity index is 3050. The smallest absolute Gasteiger partial charge is 0.164 e. The molecular formula is C53H32N4O. The van der Waals surface area contributed by atoms with E-state index in [2.05, 4.69) is 127 Å². The third kappa shape index (κ3) is 5.27. The highest BCUT2D eigenvalue weighted by molar-refractivity contribution is 5.89. The number of benzene rings is 8. The van der Waals surface area contributed by atoms with Crippen LogP contribution in [0.2, 0.25) is 0 Å². The van der Waals surface area contributed by atoms with Crippen LogP contribution in [0.25, 0.3) is 67.5 Å². The molecule has 0 unspecified atom stereocenters. The van der Waals surface area contributed by atoms with E-state index in [1.807, 2.05) is 72.8 Å². The van der Waals surface area contributed by atoms with E-state index in [4.69, 9.17) is 19.7 Å². The highest BCUT2D eigenvalue weighted by Gasteiger charge is 2.51. The molecule has 0 atom stereocenters. The monoisotopic (exact) mass is 740 g/mol. The van der Waals surface area contributed by atoms with Crippen molar-refractivity contribution in [2.45, 2.75) is 5.41 Å². The lowest BCUT2D eigenvalue weighted by Crippen LogP contribution is -2.32. The zero-order chi connectivity index (χ0) is 38.6. The van der Waals surface area contributed by atoms with Gasteiger partial charge in [0, 0.05) is 27.8 Å². The molecule has 1 spiro atoms. The summed E-state index contributed by atoms with van der Waals surface area (Å²) in [5, 5.41) is 9.92. The molecule has 1 aliphatic heterocycles. The van der Waals surface area contributed by atoms with Gasteiger partial charge in [0.05, 0.1) is 17.0 Å². The van der Waals surface area contributed by atoms with E-state index < -0.39 is 5.41 Å². The number of nitrogens with zero attached hydrogens (tertiary/aromatic N) is 4. The molecule has 0 amide bonds. The summed E-state index contributed by atoms with van der Waals surface area (Å²) in [5.41, 5.74) is 13.8. The summed E-state index contributed by atoms with van der Waals surface area (Å²) in [5.74, 6) is 3.24. The van der Waals surface area contributed by atoms with Gasteiger partial charge in [-0.05, 0) is 68.8 Å². The predicted octanol–water partition coefficient (Wildman–Crippen LogP) is 12.5. The van der Waals surface area contributed by atoms with Crippen LogP contribution in [0, 0.1) is 11.3 Å². The predicted molar refractivity (Wildman–Crippen MR) is 229 cm³/mol. The largest absolute Gasteiger partial charge is 0.457 e. The zero-order valence-corrected chi connectivity index (χ0v) is 31.2. The van der Waals surface area contributed by atoms with E-state index in [-0.39, 0.29) is 0 Å². The van der Waals surface area contributed by atoms with Gasteiger partial charge in [0.25, 0.3) is 0 Å². The van der Waals surface area contributed by atoms with Crippen molar-refractivity contribution in [1.82, 2.24) is 15.0 Å². The summed E-state index contributed by atoms with van der Waals surface area (Å²) < 4.78 is 6.80. The lowest BCUT2D eigenvalue weighted by atomic mass is 9.66. The minimum Gasteiger partial charge on any atom is -0.457 e. The first-order valence-corrected chi connectivity index (χ1v) is 19.3. The van der Waals surface area contributed by atoms with Crippen LogP contribution < -0.4 is 4.74 Å². The van der Waals surface area contributed by atoms with Gasteiger partial charge in [0.2, 0.25) is 0 Å². The number of nitriles is 1. The van der Waals surface area contributed by atoms with Crippen LogP contribution >= 0.6 is 0 Å². The summed E-state index contributed by atoms with van der Waals surface area (Å²) in [7, 11) is 0. The molecule has 58 heavy (non-hydrogen) atoms. The molecule has 2 heterocycles. The molecule has 1 aliphatic carbocycles. The van der Waals surface area contributed by atoms with Crippen LogP contribution in [0.5, 0.6) is 11.5 Å². The number of ether oxygens (including phenoxy) is 1. The summed E-state index contributed by atoms with van der Waals surface area (Å²) >= 11 is 0. The lowest BCUT2D eigenvalue weighted by Gasteiger charge is -2.39. The number of aromatic nitrogens is 3. The van der Waals surface area contributed by atoms with E-state index in [0.29, 0.717) is 28.8 Å². The van der Waals surface area contributed by atoms with Gasteiger partial charge in [-0.1, -0.05) is 170 Å². The topological polar surface area (TPSA) is 71.7 Å². The van der Waals surface area contributed by atoms with Crippen molar-refractivity contribution in [3.63, 3.8) is 0 Å². The highest BCUT2D eigenvalue weighted by Crippen LogP contribution is 2.62. The highest BCUT2D eigenvalue weighted by atomic mass is 16.5. The van der Waals surface area contributed by atoms with Crippen molar-refractivity contribution in [3.05, 3.63) is 222 Å². The molecule has 270 valence electrons. The first kappa shape index (κ1) is 33.4. The van der Waals surface area contributed by atoms with Crippen molar-refractivity contribution >= 4 is 0 Å². The van der Waals surface area contributed by atoms with Gasteiger partial charge < -0.3 is 4.74 Å². The van der Waals surface area contributed by atoms with Crippen molar-refractivity contribution in [3.8, 4) is 85.1 Å². The molecule has 1 aromatic heterocycles. The Morgan fingerprint density at radius 2 is 0.810 bits per heavy atom. The Morgan fingerprint density at radius 3 is 1.47 bits per heavy atom. The van der Waals surface area contributed by atoms with Crippen molar-refractivity contribution in [1.29, 1.82) is 5.26 Å². The van der Waals surface area contributed by atoms with Crippen molar-refractivity contribution in [2.75, 3.05) is 0 Å². The molecule has 0 saturated heterocycles. The molecular weight excluding hydrogens is 709 g/mol. The van der Waals surface area contributed by atoms with E-state index in [1.54, 1.807) is 0 Å². The number of hydrogen-bond acceptors (Lipinski definition) is 5. The second kappa shape index (κ2) is 13.4. The van der Waals surface area contributed by atoms with Crippen molar-refractivity contribution in [2.24, 2.45) is 0 Å². The zero-order valence-electron chi connectivity index (χ0n) is 31.2. The van der Waals surface area contributed by atoms with Gasteiger partial charge in [-0.3, -0.25) is 0 Å². The Kier molecular flexibility index (Phi) is 7.70. The van der Waals surface area contributed by atoms with Crippen LogP contribution in [-0.2, 0) is 5.41 Å². The van der Waals surface area contributed by atoms with E-state index in [0.717, 1.165) is 55.8 Å². The minimum absolute atomic E-state index is 0.555. The number of rotatable bonds is 5. The molecule has 0 bridgehead atoms. The maximum Gasteiger partial charge on any atom is 0.164 e. The molecule has 5 heteroatoms. The van der Waals surface area contributed by atoms with Crippen LogP contribution in [0.3, 0.4) is 0 Å². The summed E-state index contributed by atoms with van der Waals surface area (Å²) in [6.45, 7) is 0. The Hall–Kier alpha value is -7.94. The maximum absolute atomic E-state index is 9.92. The average Bonchev–Trinajstić information content (AvgIpc) is 3.59. The fourth-order valence-corrected chi connectivity index (χ4v) is 8.79. The standard InChI is InChI=1S/C53H32N4O/c54-33-34-22-28-46-48(30-34)58-49-32-40(27-29-47(49)53(46)44-20-9-7-18-42(44)43-19-8-10-21-45(43)53)39-16-11-17-41(31-39)52-56-50(37-14-5-2-6-15-37)55-51(57-52)38-25-23-36(24-26-38)35-12-3-1-4-13-35/h1-32H. The third-order valence-electron chi connectivity index (χ3n) is 11.4. The summed E-state index contributed by atoms with van der Waals surface area (Å²) in [6.07, 6.45) is 0. The van der Waals surface area contributed by atoms with Crippen LogP contribution in [-0.4, -0.2) is 15.0 Å². The van der Waals surface area contributed by atoms with Gasteiger partial charge in [-0.25, -0.2) is 15.0 Å². The van der Waals surface area contributed by atoms with Gasteiger partial charge in [0.15, 0.2) is 17.5 Å². The lowest BCUT2D eigenvalue weighted by molar-refractivity contribution is 0.436. The quantitative estimate of drug-likeness (QED) is 0.176. The molecule has 11 rings (SSSR count). The molecule has 8 aromatic carbocycles. The first-order chi connectivity index (χ1) is 28.7. The minimum atomic E-state index is -0.612. The molecule has 0 radical (unpaired) electrons. The van der Waals surface area contributed by atoms with Gasteiger partial charge in [-0.15, -0.1) is 0 Å². The van der Waals surface area contributed by atoms with Crippen LogP contribution in [0.4, 0.5) is 0 Å². The van der Waals surface area contributed by atoms with Crippen molar-refractivity contribution < 1.29 is 4.74 Å². The first-order valence-electron chi connectivity index (χ1n) is 19.3. The Balaban J connectivity index is 1.03. The molecule has 0 N–H and O–H groups in total. The van der Waals surface area contributed by atoms with E-state index >= 15 is 0 Å². The van der Waals surface area contributed by atoms with Crippen LogP contribution in [0.15, 0.2) is 194 Å². The fourth-order valence-electron chi connectivity index (χ4n) is 8.79. The molecule has 9 aromatic rings. The van der Waals surface area contributed by atoms with E-state index in [1.165, 1.54) is 22.3 Å².